The minimum Gasteiger partial charge on any atom is -0.469 e. The molecule has 0 aliphatic rings. The van der Waals surface area contributed by atoms with Gasteiger partial charge in [-0.15, -0.1) is 0 Å². The lowest BCUT2D eigenvalue weighted by molar-refractivity contribution is -0.142. The summed E-state index contributed by atoms with van der Waals surface area (Å²) in [5.74, 6) is 0.00646. The van der Waals surface area contributed by atoms with Gasteiger partial charge in [0, 0.05) is 0 Å². The quantitative estimate of drug-likeness (QED) is 0.693. The molecule has 3 nitrogen and oxygen atoms in total. The third-order valence-electron chi connectivity index (χ3n) is 2.26. The highest BCUT2D eigenvalue weighted by Gasteiger charge is 2.08. The Labute approximate surface area is 96.4 Å². The minimum absolute atomic E-state index is 0.184. The van der Waals surface area contributed by atoms with Gasteiger partial charge in [0.2, 0.25) is 0 Å². The molecule has 1 rings (SSSR count). The number of ether oxygens (including phenoxy) is 2. The first-order valence-corrected chi connectivity index (χ1v) is 5.41. The first-order chi connectivity index (χ1) is 7.72. The van der Waals surface area contributed by atoms with Crippen molar-refractivity contribution in [3.63, 3.8) is 0 Å². The highest BCUT2D eigenvalue weighted by Crippen LogP contribution is 2.06. The third kappa shape index (κ3) is 4.94. The molecule has 88 valence electrons. The Bertz CT molecular complexity index is 308. The number of rotatable bonds is 6. The average Bonchev–Trinajstić information content (AvgIpc) is 2.30. The molecule has 0 aromatic heterocycles. The standard InChI is InChI=1S/C13H18O3/c1-11(8-13(14)15-2)9-16-10-12-6-4-3-5-7-12/h3-7,11H,8-10H2,1-2H3/t11-/m1/s1. The second kappa shape index (κ2) is 7.01. The summed E-state index contributed by atoms with van der Waals surface area (Å²) in [6.45, 7) is 3.14. The molecule has 0 spiro atoms. The molecular formula is C13H18O3. The van der Waals surface area contributed by atoms with Crippen LogP contribution in [-0.2, 0) is 20.9 Å². The van der Waals surface area contributed by atoms with E-state index in [1.165, 1.54) is 7.11 Å². The SMILES string of the molecule is COC(=O)C[C@@H](C)COCc1ccccc1. The van der Waals surface area contributed by atoms with Crippen LogP contribution in [0.25, 0.3) is 0 Å². The molecule has 0 aliphatic heterocycles. The average molecular weight is 222 g/mol. The third-order valence-corrected chi connectivity index (χ3v) is 2.26. The second-order valence-corrected chi connectivity index (χ2v) is 3.89. The Morgan fingerprint density at radius 2 is 2.00 bits per heavy atom. The Kier molecular flexibility index (Phi) is 5.57. The molecule has 0 fully saturated rings. The summed E-state index contributed by atoms with van der Waals surface area (Å²) >= 11 is 0. The zero-order valence-electron chi connectivity index (χ0n) is 9.81. The molecule has 0 aliphatic carbocycles. The summed E-state index contributed by atoms with van der Waals surface area (Å²) in [5.41, 5.74) is 1.15. The fraction of sp³-hybridized carbons (Fsp3) is 0.462. The molecule has 1 aromatic rings. The van der Waals surface area contributed by atoms with Crippen molar-refractivity contribution in [2.24, 2.45) is 5.92 Å². The van der Waals surface area contributed by atoms with Crippen LogP contribution in [0, 0.1) is 5.92 Å². The summed E-state index contributed by atoms with van der Waals surface area (Å²) in [5, 5.41) is 0. The first kappa shape index (κ1) is 12.7. The van der Waals surface area contributed by atoms with E-state index in [4.69, 9.17) is 4.74 Å². The van der Waals surface area contributed by atoms with Gasteiger partial charge in [-0.1, -0.05) is 37.3 Å². The zero-order valence-corrected chi connectivity index (χ0v) is 9.81. The second-order valence-electron chi connectivity index (χ2n) is 3.89. The number of carbonyl (C=O) groups is 1. The van der Waals surface area contributed by atoms with Crippen LogP contribution >= 0.6 is 0 Å². The summed E-state index contributed by atoms with van der Waals surface area (Å²) in [7, 11) is 1.40. The van der Waals surface area contributed by atoms with Gasteiger partial charge in [0.25, 0.3) is 0 Å². The fourth-order valence-electron chi connectivity index (χ4n) is 1.38. The van der Waals surface area contributed by atoms with Crippen LogP contribution in [0.2, 0.25) is 0 Å². The molecule has 0 N–H and O–H groups in total. The summed E-state index contributed by atoms with van der Waals surface area (Å²) in [4.78, 5) is 11.0. The van der Waals surface area contributed by atoms with E-state index in [1.54, 1.807) is 0 Å². The van der Waals surface area contributed by atoms with Crippen LogP contribution in [-0.4, -0.2) is 19.7 Å². The van der Waals surface area contributed by atoms with Crippen LogP contribution in [0.5, 0.6) is 0 Å². The smallest absolute Gasteiger partial charge is 0.305 e. The molecule has 1 atom stereocenters. The van der Waals surface area contributed by atoms with E-state index in [0.29, 0.717) is 19.6 Å². The number of esters is 1. The topological polar surface area (TPSA) is 35.5 Å². The van der Waals surface area contributed by atoms with E-state index < -0.39 is 0 Å². The molecule has 0 unspecified atom stereocenters. The number of hydrogen-bond donors (Lipinski definition) is 0. The maximum atomic E-state index is 11.0. The lowest BCUT2D eigenvalue weighted by Gasteiger charge is -2.10. The first-order valence-electron chi connectivity index (χ1n) is 5.41. The van der Waals surface area contributed by atoms with Crippen molar-refractivity contribution in [1.82, 2.24) is 0 Å². The molecule has 3 heteroatoms. The van der Waals surface area contributed by atoms with Gasteiger partial charge in [0.15, 0.2) is 0 Å². The number of benzene rings is 1. The molecule has 0 bridgehead atoms. The van der Waals surface area contributed by atoms with E-state index in [2.05, 4.69) is 4.74 Å². The molecular weight excluding hydrogens is 204 g/mol. The van der Waals surface area contributed by atoms with Gasteiger partial charge in [-0.2, -0.15) is 0 Å². The lowest BCUT2D eigenvalue weighted by atomic mass is 10.1. The molecule has 0 saturated carbocycles. The molecule has 0 saturated heterocycles. The van der Waals surface area contributed by atoms with E-state index in [0.717, 1.165) is 5.56 Å². The van der Waals surface area contributed by atoms with Crippen LogP contribution in [0.3, 0.4) is 0 Å². The Morgan fingerprint density at radius 1 is 1.31 bits per heavy atom. The number of hydrogen-bond acceptors (Lipinski definition) is 3. The summed E-state index contributed by atoms with van der Waals surface area (Å²) in [6.07, 6.45) is 0.408. The van der Waals surface area contributed by atoms with Gasteiger partial charge in [-0.05, 0) is 11.5 Å². The van der Waals surface area contributed by atoms with Gasteiger partial charge in [-0.3, -0.25) is 4.79 Å². The van der Waals surface area contributed by atoms with E-state index in [9.17, 15) is 4.79 Å². The predicted molar refractivity (Wildman–Crippen MR) is 61.9 cm³/mol. The minimum atomic E-state index is -0.184. The highest BCUT2D eigenvalue weighted by molar-refractivity contribution is 5.69. The maximum absolute atomic E-state index is 11.0. The maximum Gasteiger partial charge on any atom is 0.305 e. The summed E-state index contributed by atoms with van der Waals surface area (Å²) < 4.78 is 10.1. The fourth-order valence-corrected chi connectivity index (χ4v) is 1.38. The van der Waals surface area contributed by atoms with Crippen molar-refractivity contribution < 1.29 is 14.3 Å². The van der Waals surface area contributed by atoms with Gasteiger partial charge in [0.05, 0.1) is 26.7 Å². The molecule has 16 heavy (non-hydrogen) atoms. The molecule has 0 amide bonds. The van der Waals surface area contributed by atoms with Crippen LogP contribution in [0.4, 0.5) is 0 Å². The predicted octanol–water partition coefficient (Wildman–Crippen LogP) is 2.40. The molecule has 0 heterocycles. The highest BCUT2D eigenvalue weighted by atomic mass is 16.5. The van der Waals surface area contributed by atoms with Crippen molar-refractivity contribution in [2.75, 3.05) is 13.7 Å². The van der Waals surface area contributed by atoms with Crippen LogP contribution in [0.15, 0.2) is 30.3 Å². The van der Waals surface area contributed by atoms with Gasteiger partial charge in [0.1, 0.15) is 0 Å². The van der Waals surface area contributed by atoms with Crippen molar-refractivity contribution in [2.45, 2.75) is 20.0 Å². The van der Waals surface area contributed by atoms with Crippen molar-refractivity contribution in [3.8, 4) is 0 Å². The van der Waals surface area contributed by atoms with E-state index in [-0.39, 0.29) is 11.9 Å². The van der Waals surface area contributed by atoms with Crippen molar-refractivity contribution in [1.29, 1.82) is 0 Å². The number of methoxy groups -OCH3 is 1. The van der Waals surface area contributed by atoms with Crippen LogP contribution in [0.1, 0.15) is 18.9 Å². The van der Waals surface area contributed by atoms with E-state index in [1.807, 2.05) is 37.3 Å². The Balaban J connectivity index is 2.18. The van der Waals surface area contributed by atoms with E-state index >= 15 is 0 Å². The van der Waals surface area contributed by atoms with Crippen molar-refractivity contribution in [3.05, 3.63) is 35.9 Å². The lowest BCUT2D eigenvalue weighted by Crippen LogP contribution is -2.12. The Morgan fingerprint density at radius 3 is 2.62 bits per heavy atom. The normalized spacial score (nSPS) is 12.1. The van der Waals surface area contributed by atoms with Gasteiger partial charge < -0.3 is 9.47 Å². The zero-order chi connectivity index (χ0) is 11.8. The van der Waals surface area contributed by atoms with Gasteiger partial charge in [-0.25, -0.2) is 0 Å². The molecule has 1 aromatic carbocycles. The summed E-state index contributed by atoms with van der Waals surface area (Å²) in [6, 6.07) is 9.98. The molecule has 0 radical (unpaired) electrons. The number of carbonyl (C=O) groups excluding carboxylic acids is 1. The van der Waals surface area contributed by atoms with Gasteiger partial charge >= 0.3 is 5.97 Å². The largest absolute Gasteiger partial charge is 0.469 e. The van der Waals surface area contributed by atoms with Crippen molar-refractivity contribution >= 4 is 5.97 Å². The Hall–Kier alpha value is -1.35. The monoisotopic (exact) mass is 222 g/mol. The van der Waals surface area contributed by atoms with Crippen LogP contribution < -0.4 is 0 Å².